The summed E-state index contributed by atoms with van der Waals surface area (Å²) in [5.41, 5.74) is 5.33. The Kier molecular flexibility index (Phi) is 4.96. The normalized spacial score (nSPS) is 33.6. The predicted molar refractivity (Wildman–Crippen MR) is 81.8 cm³/mol. The molecule has 5 nitrogen and oxygen atoms in total. The molecule has 1 heterocycles. The standard InChI is InChI=1S/C16H30N2O3/c1-11(2)5-8-20-10-7-18-14(19)16(17)12-6-9-21-13(12)15(16,3)4/h11-13H,5-10,17H2,1-4H3,(H,18,19). The smallest absolute Gasteiger partial charge is 0.241 e. The third-order valence-electron chi connectivity index (χ3n) is 5.20. The number of amides is 1. The zero-order valence-electron chi connectivity index (χ0n) is 13.8. The number of rotatable bonds is 7. The summed E-state index contributed by atoms with van der Waals surface area (Å²) in [6.07, 6.45) is 2.04. The average Bonchev–Trinajstić information content (AvgIpc) is 2.89. The lowest BCUT2D eigenvalue weighted by atomic mass is 9.48. The van der Waals surface area contributed by atoms with Crippen molar-refractivity contribution in [1.82, 2.24) is 5.32 Å². The van der Waals surface area contributed by atoms with Crippen LogP contribution in [0, 0.1) is 17.3 Å². The Morgan fingerprint density at radius 3 is 2.81 bits per heavy atom. The van der Waals surface area contributed by atoms with Gasteiger partial charge in [-0.25, -0.2) is 0 Å². The summed E-state index contributed by atoms with van der Waals surface area (Å²) >= 11 is 0. The van der Waals surface area contributed by atoms with Crippen molar-refractivity contribution in [2.24, 2.45) is 23.0 Å². The zero-order chi connectivity index (χ0) is 15.7. The molecule has 1 aliphatic heterocycles. The molecule has 0 spiro atoms. The maximum atomic E-state index is 12.5. The van der Waals surface area contributed by atoms with Crippen LogP contribution in [0.25, 0.3) is 0 Å². The molecule has 0 aromatic rings. The quantitative estimate of drug-likeness (QED) is 0.695. The first-order valence-corrected chi connectivity index (χ1v) is 8.08. The molecule has 2 rings (SSSR count). The molecule has 3 unspecified atom stereocenters. The second-order valence-electron chi connectivity index (χ2n) is 7.33. The van der Waals surface area contributed by atoms with Crippen molar-refractivity contribution in [2.45, 2.75) is 52.2 Å². The Morgan fingerprint density at radius 2 is 2.14 bits per heavy atom. The van der Waals surface area contributed by atoms with Gasteiger partial charge in [-0.3, -0.25) is 4.79 Å². The molecule has 2 fully saturated rings. The molecule has 21 heavy (non-hydrogen) atoms. The van der Waals surface area contributed by atoms with Gasteiger partial charge in [0.1, 0.15) is 5.54 Å². The lowest BCUT2D eigenvalue weighted by molar-refractivity contribution is -0.175. The molecular weight excluding hydrogens is 268 g/mol. The van der Waals surface area contributed by atoms with E-state index in [0.717, 1.165) is 19.4 Å². The largest absolute Gasteiger partial charge is 0.380 e. The van der Waals surface area contributed by atoms with Crippen molar-refractivity contribution >= 4 is 5.91 Å². The Labute approximate surface area is 127 Å². The monoisotopic (exact) mass is 298 g/mol. The van der Waals surface area contributed by atoms with Crippen LogP contribution in [0.15, 0.2) is 0 Å². The topological polar surface area (TPSA) is 73.6 Å². The number of ether oxygens (including phenoxy) is 2. The van der Waals surface area contributed by atoms with Crippen molar-refractivity contribution in [3.63, 3.8) is 0 Å². The van der Waals surface area contributed by atoms with Gasteiger partial charge in [0.05, 0.1) is 12.7 Å². The second-order valence-corrected chi connectivity index (χ2v) is 7.33. The predicted octanol–water partition coefficient (Wildman–Crippen LogP) is 1.31. The molecule has 1 amide bonds. The van der Waals surface area contributed by atoms with E-state index in [4.69, 9.17) is 15.2 Å². The van der Waals surface area contributed by atoms with E-state index in [2.05, 4.69) is 19.2 Å². The summed E-state index contributed by atoms with van der Waals surface area (Å²) in [4.78, 5) is 12.5. The summed E-state index contributed by atoms with van der Waals surface area (Å²) in [7, 11) is 0. The van der Waals surface area contributed by atoms with E-state index in [1.807, 2.05) is 13.8 Å². The fraction of sp³-hybridized carbons (Fsp3) is 0.938. The average molecular weight is 298 g/mol. The van der Waals surface area contributed by atoms with Gasteiger partial charge in [-0.2, -0.15) is 0 Å². The van der Waals surface area contributed by atoms with Crippen LogP contribution in [-0.2, 0) is 14.3 Å². The summed E-state index contributed by atoms with van der Waals surface area (Å²) < 4.78 is 11.2. The molecule has 1 saturated heterocycles. The first kappa shape index (κ1) is 16.7. The van der Waals surface area contributed by atoms with Gasteiger partial charge in [-0.05, 0) is 18.8 Å². The molecule has 3 N–H and O–H groups in total. The van der Waals surface area contributed by atoms with Gasteiger partial charge < -0.3 is 20.5 Å². The van der Waals surface area contributed by atoms with Crippen LogP contribution in [0.5, 0.6) is 0 Å². The number of carbonyl (C=O) groups excluding carboxylic acids is 1. The van der Waals surface area contributed by atoms with Crippen LogP contribution < -0.4 is 11.1 Å². The summed E-state index contributed by atoms with van der Waals surface area (Å²) in [6, 6.07) is 0. The van der Waals surface area contributed by atoms with Crippen molar-refractivity contribution < 1.29 is 14.3 Å². The third-order valence-corrected chi connectivity index (χ3v) is 5.20. The van der Waals surface area contributed by atoms with Crippen molar-refractivity contribution in [3.05, 3.63) is 0 Å². The highest BCUT2D eigenvalue weighted by Crippen LogP contribution is 2.58. The molecule has 122 valence electrons. The first-order valence-electron chi connectivity index (χ1n) is 8.08. The van der Waals surface area contributed by atoms with Gasteiger partial charge in [-0.15, -0.1) is 0 Å². The second kappa shape index (κ2) is 6.23. The number of hydrogen-bond donors (Lipinski definition) is 2. The highest BCUT2D eigenvalue weighted by molar-refractivity contribution is 5.89. The van der Waals surface area contributed by atoms with Crippen LogP contribution in [0.2, 0.25) is 0 Å². The Hall–Kier alpha value is -0.650. The molecule has 5 heteroatoms. The van der Waals surface area contributed by atoms with E-state index in [9.17, 15) is 4.79 Å². The summed E-state index contributed by atoms with van der Waals surface area (Å²) in [5, 5.41) is 2.94. The summed E-state index contributed by atoms with van der Waals surface area (Å²) in [5.74, 6) is 0.725. The fourth-order valence-corrected chi connectivity index (χ4v) is 3.65. The first-order chi connectivity index (χ1) is 9.81. The Morgan fingerprint density at radius 1 is 1.43 bits per heavy atom. The highest BCUT2D eigenvalue weighted by Gasteiger charge is 2.71. The lowest BCUT2D eigenvalue weighted by Gasteiger charge is -2.60. The van der Waals surface area contributed by atoms with Crippen molar-refractivity contribution in [1.29, 1.82) is 0 Å². The minimum atomic E-state index is -0.813. The maximum Gasteiger partial charge on any atom is 0.241 e. The van der Waals surface area contributed by atoms with Gasteiger partial charge >= 0.3 is 0 Å². The van der Waals surface area contributed by atoms with E-state index >= 15 is 0 Å². The number of fused-ring (bicyclic) bond motifs is 1. The molecule has 1 aliphatic carbocycles. The van der Waals surface area contributed by atoms with Gasteiger partial charge in [0, 0.05) is 31.1 Å². The number of nitrogens with one attached hydrogen (secondary N) is 1. The highest BCUT2D eigenvalue weighted by atomic mass is 16.5. The maximum absolute atomic E-state index is 12.5. The van der Waals surface area contributed by atoms with Crippen LogP contribution >= 0.6 is 0 Å². The van der Waals surface area contributed by atoms with Crippen LogP contribution in [0.1, 0.15) is 40.5 Å². The van der Waals surface area contributed by atoms with E-state index < -0.39 is 5.54 Å². The number of nitrogens with two attached hydrogens (primary N) is 1. The van der Waals surface area contributed by atoms with E-state index in [1.54, 1.807) is 0 Å². The number of hydrogen-bond acceptors (Lipinski definition) is 4. The molecule has 0 aromatic heterocycles. The molecule has 0 bridgehead atoms. The van der Waals surface area contributed by atoms with E-state index in [-0.39, 0.29) is 23.3 Å². The number of carbonyl (C=O) groups is 1. The summed E-state index contributed by atoms with van der Waals surface area (Å²) in [6.45, 7) is 10.9. The molecule has 0 aromatic carbocycles. The fourth-order valence-electron chi connectivity index (χ4n) is 3.65. The van der Waals surface area contributed by atoms with Crippen molar-refractivity contribution in [2.75, 3.05) is 26.4 Å². The molecule has 3 atom stereocenters. The molecule has 1 saturated carbocycles. The molecule has 0 radical (unpaired) electrons. The Bertz CT molecular complexity index is 384. The van der Waals surface area contributed by atoms with Gasteiger partial charge in [0.2, 0.25) is 5.91 Å². The minimum absolute atomic E-state index is 0.0632. The molecular formula is C16H30N2O3. The van der Waals surface area contributed by atoms with Gasteiger partial charge in [0.25, 0.3) is 0 Å². The van der Waals surface area contributed by atoms with E-state index in [0.29, 0.717) is 25.7 Å². The minimum Gasteiger partial charge on any atom is -0.380 e. The van der Waals surface area contributed by atoms with Crippen LogP contribution in [0.3, 0.4) is 0 Å². The van der Waals surface area contributed by atoms with Crippen LogP contribution in [0.4, 0.5) is 0 Å². The van der Waals surface area contributed by atoms with Gasteiger partial charge in [-0.1, -0.05) is 27.7 Å². The van der Waals surface area contributed by atoms with Crippen molar-refractivity contribution in [3.8, 4) is 0 Å². The lowest BCUT2D eigenvalue weighted by Crippen LogP contribution is -2.80. The molecule has 2 aliphatic rings. The van der Waals surface area contributed by atoms with Gasteiger partial charge in [0.15, 0.2) is 0 Å². The third kappa shape index (κ3) is 2.83. The Balaban J connectivity index is 1.75. The SMILES string of the molecule is CC(C)CCOCCNC(=O)C1(N)C2CCOC2C1(C)C. The van der Waals surface area contributed by atoms with E-state index in [1.165, 1.54) is 0 Å². The zero-order valence-corrected chi connectivity index (χ0v) is 13.8. The van der Waals surface area contributed by atoms with Crippen LogP contribution in [-0.4, -0.2) is 43.9 Å².